The van der Waals surface area contributed by atoms with Crippen molar-refractivity contribution in [3.63, 3.8) is 0 Å². The molecule has 20 heavy (non-hydrogen) atoms. The zero-order valence-electron chi connectivity index (χ0n) is 10.8. The van der Waals surface area contributed by atoms with Crippen LogP contribution in [0.3, 0.4) is 0 Å². The summed E-state index contributed by atoms with van der Waals surface area (Å²) in [5, 5.41) is 11.6. The Morgan fingerprint density at radius 3 is 2.45 bits per heavy atom. The number of hydrogen-bond acceptors (Lipinski definition) is 6. The Morgan fingerprint density at radius 1 is 1.35 bits per heavy atom. The minimum Gasteiger partial charge on any atom is -0.493 e. The average Bonchev–Trinajstić information content (AvgIpc) is 2.74. The van der Waals surface area contributed by atoms with Gasteiger partial charge >= 0.3 is 5.00 Å². The average molecular weight is 296 g/mol. The number of nitrogens with zero attached hydrogens (tertiary/aromatic N) is 1. The number of rotatable bonds is 5. The molecule has 0 aliphatic heterocycles. The molecule has 0 saturated heterocycles. The predicted octanol–water partition coefficient (Wildman–Crippen LogP) is 1.85. The first-order chi connectivity index (χ1) is 9.47. The van der Waals surface area contributed by atoms with Crippen molar-refractivity contribution in [2.24, 2.45) is 5.73 Å². The minimum atomic E-state index is -0.623. The lowest BCUT2D eigenvalue weighted by Crippen LogP contribution is -2.14. The van der Waals surface area contributed by atoms with E-state index >= 15 is 0 Å². The van der Waals surface area contributed by atoms with Crippen molar-refractivity contribution in [3.8, 4) is 11.5 Å². The van der Waals surface area contributed by atoms with Gasteiger partial charge in [0.15, 0.2) is 11.5 Å². The molecule has 1 amide bonds. The Kier molecular flexibility index (Phi) is 3.75. The van der Waals surface area contributed by atoms with E-state index in [2.05, 4.69) is 0 Å². The molecule has 0 bridgehead atoms. The highest BCUT2D eigenvalue weighted by Crippen LogP contribution is 2.42. The van der Waals surface area contributed by atoms with Crippen LogP contribution in [0.15, 0.2) is 12.1 Å². The Bertz CT molecular complexity index is 695. The van der Waals surface area contributed by atoms with Gasteiger partial charge in [-0.05, 0) is 6.07 Å². The molecule has 0 spiro atoms. The van der Waals surface area contributed by atoms with Gasteiger partial charge in [-0.1, -0.05) is 11.3 Å². The summed E-state index contributed by atoms with van der Waals surface area (Å²) in [5.74, 6) is 0.294. The van der Waals surface area contributed by atoms with Gasteiger partial charge in [0.2, 0.25) is 5.91 Å². The van der Waals surface area contributed by atoms with Crippen molar-refractivity contribution in [2.45, 2.75) is 6.42 Å². The van der Waals surface area contributed by atoms with Crippen LogP contribution in [0, 0.1) is 10.1 Å². The second kappa shape index (κ2) is 5.33. The van der Waals surface area contributed by atoms with Crippen LogP contribution in [0.25, 0.3) is 10.1 Å². The summed E-state index contributed by atoms with van der Waals surface area (Å²) in [6.07, 6.45) is -0.189. The predicted molar refractivity (Wildman–Crippen MR) is 74.5 cm³/mol. The highest BCUT2D eigenvalue weighted by molar-refractivity contribution is 7.22. The lowest BCUT2D eigenvalue weighted by atomic mass is 10.1. The molecule has 2 rings (SSSR count). The highest BCUT2D eigenvalue weighted by Gasteiger charge is 2.24. The molecule has 2 aromatic rings. The summed E-state index contributed by atoms with van der Waals surface area (Å²) in [6.45, 7) is 0. The number of primary amides is 1. The number of nitrogens with two attached hydrogens (primary N) is 1. The molecule has 0 saturated carbocycles. The molecule has 0 aliphatic carbocycles. The van der Waals surface area contributed by atoms with Crippen LogP contribution in [0.4, 0.5) is 5.00 Å². The molecule has 2 N–H and O–H groups in total. The SMILES string of the molecule is COc1cc2sc([N+](=O)[O-])c(CC(N)=O)c2cc1OC. The fourth-order valence-electron chi connectivity index (χ4n) is 1.95. The number of carbonyl (C=O) groups excluding carboxylic acids is 1. The van der Waals surface area contributed by atoms with Gasteiger partial charge in [-0.15, -0.1) is 0 Å². The van der Waals surface area contributed by atoms with Crippen molar-refractivity contribution < 1.29 is 19.2 Å². The maximum atomic E-state index is 11.1. The number of carbonyl (C=O) groups is 1. The molecular weight excluding hydrogens is 284 g/mol. The minimum absolute atomic E-state index is 0.0888. The summed E-state index contributed by atoms with van der Waals surface area (Å²) in [7, 11) is 2.95. The van der Waals surface area contributed by atoms with Crippen LogP contribution in [0.2, 0.25) is 0 Å². The van der Waals surface area contributed by atoms with Crippen molar-refractivity contribution in [2.75, 3.05) is 14.2 Å². The van der Waals surface area contributed by atoms with Gasteiger partial charge in [-0.3, -0.25) is 14.9 Å². The van der Waals surface area contributed by atoms with Crippen molar-refractivity contribution in [1.82, 2.24) is 0 Å². The highest BCUT2D eigenvalue weighted by atomic mass is 32.1. The number of nitro groups is 1. The molecule has 7 nitrogen and oxygen atoms in total. The van der Waals surface area contributed by atoms with Gasteiger partial charge in [0.1, 0.15) is 0 Å². The van der Waals surface area contributed by atoms with E-state index in [1.807, 2.05) is 0 Å². The van der Waals surface area contributed by atoms with Gasteiger partial charge in [-0.25, -0.2) is 0 Å². The van der Waals surface area contributed by atoms with Crippen molar-refractivity contribution in [3.05, 3.63) is 27.8 Å². The summed E-state index contributed by atoms with van der Waals surface area (Å²) < 4.78 is 11.0. The summed E-state index contributed by atoms with van der Waals surface area (Å²) in [6, 6.07) is 3.27. The zero-order valence-corrected chi connectivity index (χ0v) is 11.7. The third-order valence-electron chi connectivity index (χ3n) is 2.79. The molecule has 0 radical (unpaired) electrons. The second-order valence-corrected chi connectivity index (χ2v) is 5.02. The van der Waals surface area contributed by atoms with Crippen LogP contribution in [0.5, 0.6) is 11.5 Å². The first kappa shape index (κ1) is 14.1. The number of methoxy groups -OCH3 is 2. The molecule has 0 atom stereocenters. The van der Waals surface area contributed by atoms with Crippen LogP contribution in [0.1, 0.15) is 5.56 Å². The molecule has 0 unspecified atom stereocenters. The van der Waals surface area contributed by atoms with E-state index < -0.39 is 10.8 Å². The van der Waals surface area contributed by atoms with Gasteiger partial charge in [0.05, 0.1) is 31.1 Å². The molecular formula is C12H12N2O5S. The van der Waals surface area contributed by atoms with Crippen LogP contribution in [-0.2, 0) is 11.2 Å². The van der Waals surface area contributed by atoms with E-state index in [4.69, 9.17) is 15.2 Å². The largest absolute Gasteiger partial charge is 0.493 e. The number of ether oxygens (including phenoxy) is 2. The van der Waals surface area contributed by atoms with E-state index in [9.17, 15) is 14.9 Å². The Balaban J connectivity index is 2.75. The van der Waals surface area contributed by atoms with E-state index in [-0.39, 0.29) is 11.4 Å². The van der Waals surface area contributed by atoms with Gasteiger partial charge in [0.25, 0.3) is 0 Å². The fourth-order valence-corrected chi connectivity index (χ4v) is 3.00. The van der Waals surface area contributed by atoms with Crippen molar-refractivity contribution >= 4 is 32.3 Å². The van der Waals surface area contributed by atoms with E-state index in [0.29, 0.717) is 27.1 Å². The van der Waals surface area contributed by atoms with E-state index in [1.54, 1.807) is 12.1 Å². The van der Waals surface area contributed by atoms with E-state index in [1.165, 1.54) is 14.2 Å². The second-order valence-electron chi connectivity index (χ2n) is 3.99. The Hall–Kier alpha value is -2.35. The van der Waals surface area contributed by atoms with Crippen LogP contribution in [-0.4, -0.2) is 25.1 Å². The summed E-state index contributed by atoms with van der Waals surface area (Å²) >= 11 is 0.980. The molecule has 1 heterocycles. The maximum Gasteiger partial charge on any atom is 0.328 e. The number of amides is 1. The Morgan fingerprint density at radius 2 is 1.95 bits per heavy atom. The van der Waals surface area contributed by atoms with Gasteiger partial charge < -0.3 is 15.2 Å². The lowest BCUT2D eigenvalue weighted by molar-refractivity contribution is -0.380. The standard InChI is InChI=1S/C12H12N2O5S/c1-18-8-3-6-7(4-11(13)15)12(14(16)17)20-10(6)5-9(8)19-2/h3,5H,4H2,1-2H3,(H2,13,15). The van der Waals surface area contributed by atoms with Crippen LogP contribution >= 0.6 is 11.3 Å². The zero-order chi connectivity index (χ0) is 14.9. The lowest BCUT2D eigenvalue weighted by Gasteiger charge is -2.07. The van der Waals surface area contributed by atoms with Gasteiger partial charge in [-0.2, -0.15) is 0 Å². The number of benzene rings is 1. The number of thiophene rings is 1. The fraction of sp³-hybridized carbons (Fsp3) is 0.250. The third kappa shape index (κ3) is 2.37. The number of fused-ring (bicyclic) bond motifs is 1. The monoisotopic (exact) mass is 296 g/mol. The van der Waals surface area contributed by atoms with Crippen molar-refractivity contribution in [1.29, 1.82) is 0 Å². The maximum absolute atomic E-state index is 11.1. The Labute approximate surface area is 118 Å². The normalized spacial score (nSPS) is 10.5. The van der Waals surface area contributed by atoms with E-state index in [0.717, 1.165) is 11.3 Å². The van der Waals surface area contributed by atoms with Gasteiger partial charge in [0, 0.05) is 16.2 Å². The van der Waals surface area contributed by atoms with Crippen LogP contribution < -0.4 is 15.2 Å². The first-order valence-corrected chi connectivity index (χ1v) is 6.39. The quantitative estimate of drug-likeness (QED) is 0.669. The molecule has 1 aromatic carbocycles. The smallest absolute Gasteiger partial charge is 0.328 e. The molecule has 1 aromatic heterocycles. The number of hydrogen-bond donors (Lipinski definition) is 1. The molecule has 8 heteroatoms. The molecule has 0 fully saturated rings. The molecule has 0 aliphatic rings. The topological polar surface area (TPSA) is 105 Å². The first-order valence-electron chi connectivity index (χ1n) is 5.58. The summed E-state index contributed by atoms with van der Waals surface area (Å²) in [5.41, 5.74) is 5.47. The molecule has 106 valence electrons. The third-order valence-corrected chi connectivity index (χ3v) is 3.94. The summed E-state index contributed by atoms with van der Waals surface area (Å²) in [4.78, 5) is 21.7.